The minimum absolute atomic E-state index is 0.0820. The Balaban J connectivity index is 2.36. The number of hydrogen-bond donors (Lipinski definition) is 1. The van der Waals surface area contributed by atoms with Crippen LogP contribution in [0.25, 0.3) is 0 Å². The van der Waals surface area contributed by atoms with Gasteiger partial charge in [0.1, 0.15) is 5.69 Å². The number of nitrogens with zero attached hydrogens (tertiary/aromatic N) is 1. The van der Waals surface area contributed by atoms with Gasteiger partial charge in [0.15, 0.2) is 0 Å². The van der Waals surface area contributed by atoms with E-state index < -0.39 is 15.0 Å². The van der Waals surface area contributed by atoms with Crippen LogP contribution >= 0.6 is 22.3 Å². The molecule has 0 fully saturated rings. The molecule has 0 aliphatic heterocycles. The summed E-state index contributed by atoms with van der Waals surface area (Å²) in [6, 6.07) is 7.44. The van der Waals surface area contributed by atoms with Gasteiger partial charge in [-0.25, -0.2) is 8.42 Å². The van der Waals surface area contributed by atoms with Crippen LogP contribution in [0.3, 0.4) is 0 Å². The first kappa shape index (κ1) is 15.8. The third-order valence-electron chi connectivity index (χ3n) is 2.68. The van der Waals surface area contributed by atoms with E-state index in [0.29, 0.717) is 11.3 Å². The van der Waals surface area contributed by atoms with Crippen molar-refractivity contribution in [3.05, 3.63) is 52.8 Å². The van der Waals surface area contributed by atoms with E-state index in [2.05, 4.69) is 10.3 Å². The van der Waals surface area contributed by atoms with E-state index in [9.17, 15) is 13.2 Å². The number of benzene rings is 1. The van der Waals surface area contributed by atoms with Crippen molar-refractivity contribution in [1.82, 2.24) is 4.98 Å². The first-order valence-electron chi connectivity index (χ1n) is 5.76. The molecule has 0 radical (unpaired) electrons. The Morgan fingerprint density at radius 1 is 1.29 bits per heavy atom. The second-order valence-corrected chi connectivity index (χ2v) is 7.18. The fourth-order valence-corrected chi connectivity index (χ4v) is 2.91. The highest BCUT2D eigenvalue weighted by atomic mass is 35.7. The lowest BCUT2D eigenvalue weighted by Crippen LogP contribution is -2.14. The SMILES string of the molecule is Cc1cc(S(=O)(=O)Cl)cc(Cl)c1NC(=O)c1ccccn1. The molecule has 0 saturated carbocycles. The zero-order valence-electron chi connectivity index (χ0n) is 10.8. The Morgan fingerprint density at radius 3 is 2.52 bits per heavy atom. The molecular weight excluding hydrogens is 335 g/mol. The molecule has 0 saturated heterocycles. The van der Waals surface area contributed by atoms with Gasteiger partial charge in [-0.1, -0.05) is 17.7 Å². The van der Waals surface area contributed by atoms with Gasteiger partial charge < -0.3 is 5.32 Å². The molecular formula is C13H10Cl2N2O3S. The number of rotatable bonds is 3. The summed E-state index contributed by atoms with van der Waals surface area (Å²) >= 11 is 6.01. The van der Waals surface area contributed by atoms with Crippen molar-refractivity contribution in [2.45, 2.75) is 11.8 Å². The number of nitrogens with one attached hydrogen (secondary N) is 1. The average molecular weight is 345 g/mol. The molecule has 1 amide bonds. The monoisotopic (exact) mass is 344 g/mol. The Kier molecular flexibility index (Phi) is 4.51. The van der Waals surface area contributed by atoms with Gasteiger partial charge in [-0.15, -0.1) is 0 Å². The fourth-order valence-electron chi connectivity index (χ4n) is 1.69. The van der Waals surface area contributed by atoms with E-state index >= 15 is 0 Å². The maximum Gasteiger partial charge on any atom is 0.274 e. The van der Waals surface area contributed by atoms with Crippen LogP contribution in [0.15, 0.2) is 41.4 Å². The van der Waals surface area contributed by atoms with Crippen molar-refractivity contribution >= 4 is 42.9 Å². The highest BCUT2D eigenvalue weighted by molar-refractivity contribution is 8.13. The van der Waals surface area contributed by atoms with Crippen LogP contribution in [0.4, 0.5) is 5.69 Å². The van der Waals surface area contributed by atoms with Crippen LogP contribution in [0.5, 0.6) is 0 Å². The third kappa shape index (κ3) is 3.72. The predicted octanol–water partition coefficient (Wildman–Crippen LogP) is 3.22. The summed E-state index contributed by atoms with van der Waals surface area (Å²) in [5.74, 6) is -0.443. The Bertz CT molecular complexity index is 769. The van der Waals surface area contributed by atoms with Crippen molar-refractivity contribution in [3.63, 3.8) is 0 Å². The molecule has 8 heteroatoms. The van der Waals surface area contributed by atoms with Crippen molar-refractivity contribution in [1.29, 1.82) is 0 Å². The number of anilines is 1. The van der Waals surface area contributed by atoms with Crippen LogP contribution < -0.4 is 5.32 Å². The minimum Gasteiger partial charge on any atom is -0.319 e. The van der Waals surface area contributed by atoms with Gasteiger partial charge in [-0.05, 0) is 36.8 Å². The first-order valence-corrected chi connectivity index (χ1v) is 8.45. The van der Waals surface area contributed by atoms with E-state index in [0.717, 1.165) is 0 Å². The second kappa shape index (κ2) is 6.01. The third-order valence-corrected chi connectivity index (χ3v) is 4.31. The van der Waals surface area contributed by atoms with E-state index in [1.54, 1.807) is 25.1 Å². The highest BCUT2D eigenvalue weighted by Gasteiger charge is 2.17. The number of aromatic nitrogens is 1. The van der Waals surface area contributed by atoms with E-state index in [1.807, 2.05) is 0 Å². The van der Waals surface area contributed by atoms with Gasteiger partial charge in [-0.3, -0.25) is 9.78 Å². The molecule has 1 aromatic heterocycles. The summed E-state index contributed by atoms with van der Waals surface area (Å²) in [5.41, 5.74) is 1.02. The van der Waals surface area contributed by atoms with Gasteiger partial charge in [0, 0.05) is 16.9 Å². The zero-order valence-corrected chi connectivity index (χ0v) is 13.1. The molecule has 1 N–H and O–H groups in total. The standard InChI is InChI=1S/C13H10Cl2N2O3S/c1-8-6-9(21(15,19)20)7-10(14)12(8)17-13(18)11-4-2-3-5-16-11/h2-7H,1H3,(H,17,18). The summed E-state index contributed by atoms with van der Waals surface area (Å²) in [5, 5.41) is 2.68. The van der Waals surface area contributed by atoms with Crippen molar-refractivity contribution in [2.24, 2.45) is 0 Å². The lowest BCUT2D eigenvalue weighted by molar-refractivity contribution is 0.102. The smallest absolute Gasteiger partial charge is 0.274 e. The van der Waals surface area contributed by atoms with Crippen LogP contribution in [-0.2, 0) is 9.05 Å². The van der Waals surface area contributed by atoms with Gasteiger partial charge in [0.2, 0.25) is 0 Å². The predicted molar refractivity (Wildman–Crippen MR) is 81.4 cm³/mol. The molecule has 1 aromatic carbocycles. The number of hydrogen-bond acceptors (Lipinski definition) is 4. The van der Waals surface area contributed by atoms with E-state index in [1.165, 1.54) is 18.3 Å². The van der Waals surface area contributed by atoms with Gasteiger partial charge in [0.25, 0.3) is 15.0 Å². The second-order valence-electron chi connectivity index (χ2n) is 4.20. The molecule has 5 nitrogen and oxygen atoms in total. The lowest BCUT2D eigenvalue weighted by atomic mass is 10.2. The molecule has 0 aliphatic rings. The minimum atomic E-state index is -3.88. The lowest BCUT2D eigenvalue weighted by Gasteiger charge is -2.11. The number of pyridine rings is 1. The number of aryl methyl sites for hydroxylation is 1. The molecule has 2 aromatic rings. The van der Waals surface area contributed by atoms with Gasteiger partial charge >= 0.3 is 0 Å². The highest BCUT2D eigenvalue weighted by Crippen LogP contribution is 2.31. The Morgan fingerprint density at radius 2 is 2.00 bits per heavy atom. The Labute approximate surface area is 131 Å². The summed E-state index contributed by atoms with van der Waals surface area (Å²) in [4.78, 5) is 15.8. The van der Waals surface area contributed by atoms with Crippen molar-refractivity contribution in [2.75, 3.05) is 5.32 Å². The number of carbonyl (C=O) groups is 1. The largest absolute Gasteiger partial charge is 0.319 e. The maximum atomic E-state index is 12.0. The van der Waals surface area contributed by atoms with Crippen LogP contribution in [-0.4, -0.2) is 19.3 Å². The fraction of sp³-hybridized carbons (Fsp3) is 0.0769. The number of halogens is 2. The number of amides is 1. The van der Waals surface area contributed by atoms with Gasteiger partial charge in [-0.2, -0.15) is 0 Å². The van der Waals surface area contributed by atoms with E-state index in [-0.39, 0.29) is 15.6 Å². The molecule has 2 rings (SSSR count). The van der Waals surface area contributed by atoms with Crippen LogP contribution in [0, 0.1) is 6.92 Å². The van der Waals surface area contributed by atoms with Crippen molar-refractivity contribution < 1.29 is 13.2 Å². The zero-order chi connectivity index (χ0) is 15.6. The van der Waals surface area contributed by atoms with E-state index in [4.69, 9.17) is 22.3 Å². The summed E-state index contributed by atoms with van der Waals surface area (Å²) in [7, 11) is 1.39. The molecule has 21 heavy (non-hydrogen) atoms. The summed E-state index contributed by atoms with van der Waals surface area (Å²) in [6.45, 7) is 1.62. The Hall–Kier alpha value is -1.63. The van der Waals surface area contributed by atoms with Gasteiger partial charge in [0.05, 0.1) is 15.6 Å². The summed E-state index contributed by atoms with van der Waals surface area (Å²) in [6.07, 6.45) is 1.49. The normalized spacial score (nSPS) is 11.2. The van der Waals surface area contributed by atoms with Crippen LogP contribution in [0.1, 0.15) is 16.1 Å². The maximum absolute atomic E-state index is 12.0. The molecule has 0 spiro atoms. The molecule has 0 bridgehead atoms. The number of carbonyl (C=O) groups excluding carboxylic acids is 1. The molecule has 1 heterocycles. The average Bonchev–Trinajstić information content (AvgIpc) is 2.42. The molecule has 0 atom stereocenters. The quantitative estimate of drug-likeness (QED) is 0.867. The van der Waals surface area contributed by atoms with Crippen LogP contribution in [0.2, 0.25) is 5.02 Å². The molecule has 0 aliphatic carbocycles. The van der Waals surface area contributed by atoms with Crippen molar-refractivity contribution in [3.8, 4) is 0 Å². The topological polar surface area (TPSA) is 76.1 Å². The molecule has 0 unspecified atom stereocenters. The summed E-state index contributed by atoms with van der Waals surface area (Å²) < 4.78 is 22.6. The molecule has 110 valence electrons. The first-order chi connectivity index (χ1) is 9.79.